The van der Waals surface area contributed by atoms with E-state index in [2.05, 4.69) is 5.32 Å². The van der Waals surface area contributed by atoms with Gasteiger partial charge in [-0.1, -0.05) is 12.1 Å². The zero-order valence-electron chi connectivity index (χ0n) is 16.7. The predicted octanol–water partition coefficient (Wildman–Crippen LogP) is 2.39. The summed E-state index contributed by atoms with van der Waals surface area (Å²) in [6, 6.07) is 8.21. The number of piperazine rings is 1. The Morgan fingerprint density at radius 3 is 2.93 bits per heavy atom. The fraction of sp³-hybridized carbons (Fsp3) is 0.619. The van der Waals surface area contributed by atoms with Gasteiger partial charge in [0.2, 0.25) is 11.8 Å². The molecule has 2 aliphatic rings. The van der Waals surface area contributed by atoms with Crippen molar-refractivity contribution in [2.45, 2.75) is 45.1 Å². The van der Waals surface area contributed by atoms with Gasteiger partial charge in [-0.2, -0.15) is 0 Å². The first-order chi connectivity index (χ1) is 13.1. The normalized spacial score (nSPS) is 19.9. The average molecular weight is 410 g/mol. The number of halogens is 1. The molecule has 0 radical (unpaired) electrons. The van der Waals surface area contributed by atoms with Gasteiger partial charge >= 0.3 is 0 Å². The summed E-state index contributed by atoms with van der Waals surface area (Å²) in [5.41, 5.74) is 1.19. The Kier molecular flexibility index (Phi) is 9.06. The molecule has 0 aromatic heterocycles. The number of hydrogen-bond donors (Lipinski definition) is 1. The molecule has 0 saturated carbocycles. The fourth-order valence-electron chi connectivity index (χ4n) is 3.87. The number of benzene rings is 1. The van der Waals surface area contributed by atoms with E-state index in [1.807, 2.05) is 41.0 Å². The van der Waals surface area contributed by atoms with Gasteiger partial charge in [0.1, 0.15) is 5.75 Å². The van der Waals surface area contributed by atoms with E-state index < -0.39 is 0 Å². The number of unbranched alkanes of at least 4 members (excludes halogenated alkanes) is 1. The molecule has 2 amide bonds. The second-order valence-electron chi connectivity index (χ2n) is 7.52. The number of carbonyl (C=O) groups excluding carboxylic acids is 2. The lowest BCUT2D eigenvalue weighted by atomic mass is 10.0. The molecule has 0 spiro atoms. The summed E-state index contributed by atoms with van der Waals surface area (Å²) < 4.78 is 5.75. The molecule has 2 saturated heterocycles. The number of rotatable bonds is 7. The van der Waals surface area contributed by atoms with Crippen molar-refractivity contribution in [1.29, 1.82) is 0 Å². The van der Waals surface area contributed by atoms with Crippen LogP contribution in [0.15, 0.2) is 24.3 Å². The molecule has 28 heavy (non-hydrogen) atoms. The maximum Gasteiger partial charge on any atom is 0.236 e. The molecule has 6 nitrogen and oxygen atoms in total. The van der Waals surface area contributed by atoms with Gasteiger partial charge in [0.05, 0.1) is 13.2 Å². The molecule has 1 unspecified atom stereocenters. The maximum atomic E-state index is 12.6. The number of carbonyl (C=O) groups is 2. The second kappa shape index (κ2) is 11.3. The lowest BCUT2D eigenvalue weighted by Gasteiger charge is -2.41. The highest BCUT2D eigenvalue weighted by Gasteiger charge is 2.31. The zero-order valence-corrected chi connectivity index (χ0v) is 17.5. The van der Waals surface area contributed by atoms with Crippen molar-refractivity contribution in [2.75, 3.05) is 39.3 Å². The second-order valence-corrected chi connectivity index (χ2v) is 7.52. The van der Waals surface area contributed by atoms with Crippen LogP contribution in [0.1, 0.15) is 37.7 Å². The van der Waals surface area contributed by atoms with Crippen molar-refractivity contribution in [3.05, 3.63) is 29.8 Å². The number of likely N-dealkylation sites (tertiary alicyclic amines) is 1. The minimum absolute atomic E-state index is 0. The number of nitrogens with zero attached hydrogens (tertiary/aromatic N) is 2. The Morgan fingerprint density at radius 2 is 2.14 bits per heavy atom. The van der Waals surface area contributed by atoms with Gasteiger partial charge in [0.25, 0.3) is 0 Å². The lowest BCUT2D eigenvalue weighted by molar-refractivity contribution is -0.140. The first kappa shape index (κ1) is 22.5. The Bertz CT molecular complexity index is 656. The molecule has 1 aromatic carbocycles. The van der Waals surface area contributed by atoms with E-state index in [1.54, 1.807) is 0 Å². The number of nitrogens with one attached hydrogen (secondary N) is 1. The van der Waals surface area contributed by atoms with Gasteiger partial charge in [-0.05, 0) is 50.3 Å². The number of piperidine rings is 1. The highest BCUT2D eigenvalue weighted by molar-refractivity contribution is 5.85. The molecule has 0 bridgehead atoms. The molecule has 0 aliphatic carbocycles. The van der Waals surface area contributed by atoms with Crippen molar-refractivity contribution >= 4 is 24.2 Å². The van der Waals surface area contributed by atoms with E-state index in [4.69, 9.17) is 4.74 Å². The molecule has 156 valence electrons. The van der Waals surface area contributed by atoms with Crippen LogP contribution < -0.4 is 10.1 Å². The summed E-state index contributed by atoms with van der Waals surface area (Å²) in [5.74, 6) is 1.26. The lowest BCUT2D eigenvalue weighted by Crippen LogP contribution is -2.57. The third-order valence-electron chi connectivity index (χ3n) is 5.36. The van der Waals surface area contributed by atoms with Gasteiger partial charge < -0.3 is 19.9 Å². The first-order valence-corrected chi connectivity index (χ1v) is 10.1. The Hall–Kier alpha value is -1.79. The topological polar surface area (TPSA) is 61.9 Å². The van der Waals surface area contributed by atoms with Crippen molar-refractivity contribution in [3.8, 4) is 5.75 Å². The molecule has 7 heteroatoms. The van der Waals surface area contributed by atoms with Gasteiger partial charge in [-0.3, -0.25) is 9.59 Å². The van der Waals surface area contributed by atoms with Crippen LogP contribution in [0, 0.1) is 6.92 Å². The summed E-state index contributed by atoms with van der Waals surface area (Å²) in [5, 5.41) is 3.11. The van der Waals surface area contributed by atoms with Gasteiger partial charge in [0.15, 0.2) is 0 Å². The molecule has 1 N–H and O–H groups in total. The summed E-state index contributed by atoms with van der Waals surface area (Å²) in [6.45, 7) is 6.20. The number of ether oxygens (including phenoxy) is 1. The smallest absolute Gasteiger partial charge is 0.236 e. The summed E-state index contributed by atoms with van der Waals surface area (Å²) >= 11 is 0. The number of aryl methyl sites for hydroxylation is 1. The molecule has 2 aliphatic heterocycles. The van der Waals surface area contributed by atoms with Crippen LogP contribution in [-0.2, 0) is 9.59 Å². The van der Waals surface area contributed by atoms with Crippen LogP contribution >= 0.6 is 12.4 Å². The average Bonchev–Trinajstić information content (AvgIpc) is 2.68. The van der Waals surface area contributed by atoms with Crippen LogP contribution in [0.25, 0.3) is 0 Å². The fourth-order valence-corrected chi connectivity index (χ4v) is 3.87. The zero-order chi connectivity index (χ0) is 19.1. The Labute approximate surface area is 174 Å². The predicted molar refractivity (Wildman–Crippen MR) is 112 cm³/mol. The quantitative estimate of drug-likeness (QED) is 0.702. The van der Waals surface area contributed by atoms with E-state index in [-0.39, 0.29) is 30.3 Å². The van der Waals surface area contributed by atoms with Gasteiger partial charge in [0, 0.05) is 38.6 Å². The molecule has 2 heterocycles. The third kappa shape index (κ3) is 6.38. The van der Waals surface area contributed by atoms with Crippen molar-refractivity contribution in [1.82, 2.24) is 15.1 Å². The van der Waals surface area contributed by atoms with Crippen LogP contribution in [0.3, 0.4) is 0 Å². The van der Waals surface area contributed by atoms with Crippen LogP contribution in [0.5, 0.6) is 5.75 Å². The molecule has 2 fully saturated rings. The standard InChI is InChI=1S/C21H31N3O3.ClH/c1-17-6-4-8-19(14-17)27-13-3-2-9-20(25)23-11-5-7-18(16-23)24-12-10-22-15-21(24)26;/h4,6,8,14,18,22H,2-3,5,7,9-13,15-16H2,1H3;1H. The largest absolute Gasteiger partial charge is 0.494 e. The minimum Gasteiger partial charge on any atom is -0.494 e. The Balaban J connectivity index is 0.00000280. The van der Waals surface area contributed by atoms with Crippen molar-refractivity contribution < 1.29 is 14.3 Å². The van der Waals surface area contributed by atoms with Gasteiger partial charge in [-0.15, -0.1) is 12.4 Å². The van der Waals surface area contributed by atoms with E-state index in [0.717, 1.165) is 51.1 Å². The molecule has 1 aromatic rings. The molecular formula is C21H32ClN3O3. The summed E-state index contributed by atoms with van der Waals surface area (Å²) in [6.07, 6.45) is 4.23. The maximum absolute atomic E-state index is 12.6. The monoisotopic (exact) mass is 409 g/mol. The molecule has 3 rings (SSSR count). The van der Waals surface area contributed by atoms with E-state index >= 15 is 0 Å². The van der Waals surface area contributed by atoms with Crippen LogP contribution in [0.2, 0.25) is 0 Å². The third-order valence-corrected chi connectivity index (χ3v) is 5.36. The van der Waals surface area contributed by atoms with Crippen molar-refractivity contribution in [2.24, 2.45) is 0 Å². The molecular weight excluding hydrogens is 378 g/mol. The van der Waals surface area contributed by atoms with E-state index in [0.29, 0.717) is 26.1 Å². The van der Waals surface area contributed by atoms with Crippen LogP contribution in [-0.4, -0.2) is 67.0 Å². The minimum atomic E-state index is 0. The first-order valence-electron chi connectivity index (χ1n) is 10.1. The molecule has 1 atom stereocenters. The highest BCUT2D eigenvalue weighted by atomic mass is 35.5. The summed E-state index contributed by atoms with van der Waals surface area (Å²) in [4.78, 5) is 28.6. The van der Waals surface area contributed by atoms with Crippen LogP contribution in [0.4, 0.5) is 0 Å². The Morgan fingerprint density at radius 1 is 1.29 bits per heavy atom. The highest BCUT2D eigenvalue weighted by Crippen LogP contribution is 2.18. The number of amides is 2. The summed E-state index contributed by atoms with van der Waals surface area (Å²) in [7, 11) is 0. The van der Waals surface area contributed by atoms with E-state index in [9.17, 15) is 9.59 Å². The van der Waals surface area contributed by atoms with E-state index in [1.165, 1.54) is 5.56 Å². The van der Waals surface area contributed by atoms with Crippen molar-refractivity contribution in [3.63, 3.8) is 0 Å². The van der Waals surface area contributed by atoms with Gasteiger partial charge in [-0.25, -0.2) is 0 Å². The SMILES string of the molecule is Cc1cccc(OCCCCC(=O)N2CCCC(N3CCNCC3=O)C2)c1.Cl. The number of hydrogen-bond acceptors (Lipinski definition) is 4.